The molecule has 0 radical (unpaired) electrons. The third kappa shape index (κ3) is 4.51. The van der Waals surface area contributed by atoms with Gasteiger partial charge in [0.1, 0.15) is 31.9 Å². The lowest BCUT2D eigenvalue weighted by Gasteiger charge is -2.22. The molecular formula is C22H26N4O+2. The number of ether oxygens (including phenoxy) is 1. The van der Waals surface area contributed by atoms with Crippen LogP contribution in [0.1, 0.15) is 0 Å². The van der Waals surface area contributed by atoms with Crippen LogP contribution in [0.25, 0.3) is 22.4 Å². The molecule has 1 fully saturated rings. The number of benzene rings is 2. The van der Waals surface area contributed by atoms with E-state index < -0.39 is 0 Å². The van der Waals surface area contributed by atoms with Crippen LogP contribution in [0.4, 0.5) is 5.82 Å². The van der Waals surface area contributed by atoms with Gasteiger partial charge in [0.25, 0.3) is 0 Å². The predicted octanol–water partition coefficient (Wildman–Crippen LogP) is 1.56. The molecule has 1 aliphatic heterocycles. The van der Waals surface area contributed by atoms with E-state index in [0.717, 1.165) is 62.0 Å². The maximum atomic E-state index is 5.44. The van der Waals surface area contributed by atoms with Gasteiger partial charge in [0.05, 0.1) is 18.8 Å². The van der Waals surface area contributed by atoms with E-state index in [4.69, 9.17) is 4.74 Å². The fourth-order valence-electron chi connectivity index (χ4n) is 3.43. The van der Waals surface area contributed by atoms with Crippen LogP contribution in [0.3, 0.4) is 0 Å². The first-order valence-electron chi connectivity index (χ1n) is 9.59. The predicted molar refractivity (Wildman–Crippen MR) is 107 cm³/mol. The van der Waals surface area contributed by atoms with Gasteiger partial charge in [0.2, 0.25) is 0 Å². The number of anilines is 1. The van der Waals surface area contributed by atoms with Gasteiger partial charge in [0.15, 0.2) is 0 Å². The van der Waals surface area contributed by atoms with Crippen LogP contribution in [0.5, 0.6) is 0 Å². The van der Waals surface area contributed by atoms with E-state index >= 15 is 0 Å². The number of rotatable bonds is 6. The standard InChI is InChI=1S/C22H24N4O/c1-3-7-18(8-4-1)20-17-21(19-9-5-2-6-10-19)24-25-22(20)23-11-12-26-13-15-27-16-14-26/h1-10,17H,11-16H2,(H,23,25)/p+2. The Hall–Kier alpha value is -2.76. The van der Waals surface area contributed by atoms with E-state index in [2.05, 4.69) is 58.0 Å². The van der Waals surface area contributed by atoms with Gasteiger partial charge >= 0.3 is 5.82 Å². The zero-order valence-corrected chi connectivity index (χ0v) is 15.4. The summed E-state index contributed by atoms with van der Waals surface area (Å²) in [5.74, 6) is 0.966. The number of aromatic nitrogens is 2. The summed E-state index contributed by atoms with van der Waals surface area (Å²) in [6, 6.07) is 22.9. The molecule has 3 aromatic rings. The summed E-state index contributed by atoms with van der Waals surface area (Å²) >= 11 is 0. The van der Waals surface area contributed by atoms with Crippen molar-refractivity contribution in [1.82, 2.24) is 5.10 Å². The highest BCUT2D eigenvalue weighted by Gasteiger charge is 2.18. The van der Waals surface area contributed by atoms with Crippen molar-refractivity contribution in [2.24, 2.45) is 0 Å². The third-order valence-corrected chi connectivity index (χ3v) is 4.97. The summed E-state index contributed by atoms with van der Waals surface area (Å²) in [6.45, 7) is 5.88. The quantitative estimate of drug-likeness (QED) is 0.700. The first-order valence-corrected chi connectivity index (χ1v) is 9.59. The summed E-state index contributed by atoms with van der Waals surface area (Å²) in [5.41, 5.74) is 4.37. The Morgan fingerprint density at radius 1 is 0.926 bits per heavy atom. The molecule has 138 valence electrons. The lowest BCUT2D eigenvalue weighted by atomic mass is 10.0. The van der Waals surface area contributed by atoms with E-state index in [1.807, 2.05) is 24.3 Å². The molecule has 0 spiro atoms. The fourth-order valence-corrected chi connectivity index (χ4v) is 3.43. The maximum absolute atomic E-state index is 5.44. The van der Waals surface area contributed by atoms with Gasteiger partial charge in [-0.2, -0.15) is 0 Å². The number of morpholine rings is 1. The summed E-state index contributed by atoms with van der Waals surface area (Å²) in [6.07, 6.45) is 0. The Labute approximate surface area is 160 Å². The summed E-state index contributed by atoms with van der Waals surface area (Å²) in [5, 5.41) is 11.4. The second kappa shape index (κ2) is 8.75. The highest BCUT2D eigenvalue weighted by molar-refractivity contribution is 5.76. The molecule has 2 aromatic carbocycles. The van der Waals surface area contributed by atoms with E-state index in [-0.39, 0.29) is 0 Å². The zero-order chi connectivity index (χ0) is 18.3. The number of nitrogens with one attached hydrogen (secondary N) is 3. The molecule has 0 atom stereocenters. The lowest BCUT2D eigenvalue weighted by Crippen LogP contribution is -3.14. The molecule has 5 nitrogen and oxygen atoms in total. The van der Waals surface area contributed by atoms with Gasteiger partial charge in [-0.3, -0.25) is 5.32 Å². The van der Waals surface area contributed by atoms with Crippen molar-refractivity contribution < 1.29 is 14.7 Å². The average Bonchev–Trinajstić information content (AvgIpc) is 2.76. The number of hydrogen-bond donors (Lipinski definition) is 2. The molecule has 0 aliphatic carbocycles. The first-order chi connectivity index (χ1) is 13.4. The van der Waals surface area contributed by atoms with E-state index in [9.17, 15) is 0 Å². The van der Waals surface area contributed by atoms with Crippen LogP contribution < -0.4 is 15.3 Å². The number of quaternary nitrogens is 1. The number of H-pyrrole nitrogens is 1. The summed E-state index contributed by atoms with van der Waals surface area (Å²) in [4.78, 5) is 1.59. The highest BCUT2D eigenvalue weighted by atomic mass is 16.5. The highest BCUT2D eigenvalue weighted by Crippen LogP contribution is 2.27. The van der Waals surface area contributed by atoms with E-state index in [0.29, 0.717) is 0 Å². The fraction of sp³-hybridized carbons (Fsp3) is 0.273. The monoisotopic (exact) mass is 362 g/mol. The van der Waals surface area contributed by atoms with E-state index in [1.54, 1.807) is 4.90 Å². The lowest BCUT2D eigenvalue weighted by molar-refractivity contribution is -0.906. The molecule has 2 heterocycles. The summed E-state index contributed by atoms with van der Waals surface area (Å²) in [7, 11) is 0. The van der Waals surface area contributed by atoms with Gasteiger partial charge < -0.3 is 9.64 Å². The van der Waals surface area contributed by atoms with Crippen molar-refractivity contribution in [2.75, 3.05) is 44.7 Å². The van der Waals surface area contributed by atoms with Gasteiger partial charge in [-0.05, 0) is 11.6 Å². The van der Waals surface area contributed by atoms with Crippen molar-refractivity contribution in [3.8, 4) is 22.4 Å². The molecule has 4 rings (SSSR count). The smallest absolute Gasteiger partial charge is 0.301 e. The first kappa shape index (κ1) is 17.6. The number of aromatic amines is 1. The Balaban J connectivity index is 1.56. The third-order valence-electron chi connectivity index (χ3n) is 4.97. The Kier molecular flexibility index (Phi) is 5.72. The second-order valence-electron chi connectivity index (χ2n) is 6.81. The topological polar surface area (TPSA) is 52.7 Å². The molecule has 1 aromatic heterocycles. The Bertz CT molecular complexity index is 849. The minimum Gasteiger partial charge on any atom is -0.370 e. The number of nitrogens with zero attached hydrogens (tertiary/aromatic N) is 1. The Morgan fingerprint density at radius 2 is 1.59 bits per heavy atom. The van der Waals surface area contributed by atoms with Gasteiger partial charge in [-0.15, -0.1) is 5.10 Å². The molecule has 0 unspecified atom stereocenters. The van der Waals surface area contributed by atoms with Crippen molar-refractivity contribution >= 4 is 5.82 Å². The van der Waals surface area contributed by atoms with Crippen LogP contribution >= 0.6 is 0 Å². The minimum atomic E-state index is 0.865. The molecule has 27 heavy (non-hydrogen) atoms. The van der Waals surface area contributed by atoms with Crippen molar-refractivity contribution in [1.29, 1.82) is 0 Å². The number of hydrogen-bond acceptors (Lipinski definition) is 3. The molecule has 5 heteroatoms. The molecule has 3 N–H and O–H groups in total. The van der Waals surface area contributed by atoms with Crippen molar-refractivity contribution in [3.63, 3.8) is 0 Å². The van der Waals surface area contributed by atoms with E-state index in [1.165, 1.54) is 5.56 Å². The van der Waals surface area contributed by atoms with Gasteiger partial charge in [-0.25, -0.2) is 0 Å². The van der Waals surface area contributed by atoms with Gasteiger partial charge in [-0.1, -0.05) is 65.8 Å². The molecular weight excluding hydrogens is 336 g/mol. The van der Waals surface area contributed by atoms with Crippen molar-refractivity contribution in [3.05, 3.63) is 66.7 Å². The molecule has 1 saturated heterocycles. The SMILES string of the molecule is c1ccc(-c2cc(-c3ccccc3)c(NCC[NH+]3CCOCC3)[nH+]n2)cc1. The Morgan fingerprint density at radius 3 is 2.30 bits per heavy atom. The normalized spacial score (nSPS) is 14.8. The molecule has 1 aliphatic rings. The summed E-state index contributed by atoms with van der Waals surface area (Å²) < 4.78 is 5.44. The van der Waals surface area contributed by atoms with Crippen molar-refractivity contribution in [2.45, 2.75) is 0 Å². The van der Waals surface area contributed by atoms with Crippen LogP contribution in [-0.4, -0.2) is 44.5 Å². The maximum Gasteiger partial charge on any atom is 0.301 e. The largest absolute Gasteiger partial charge is 0.370 e. The van der Waals surface area contributed by atoms with Crippen LogP contribution in [0.15, 0.2) is 66.7 Å². The second-order valence-corrected chi connectivity index (χ2v) is 6.81. The molecule has 0 bridgehead atoms. The molecule has 0 amide bonds. The van der Waals surface area contributed by atoms with Crippen LogP contribution in [0.2, 0.25) is 0 Å². The van der Waals surface area contributed by atoms with Gasteiger partial charge in [0, 0.05) is 5.56 Å². The average molecular weight is 362 g/mol. The van der Waals surface area contributed by atoms with Crippen LogP contribution in [-0.2, 0) is 4.74 Å². The molecule has 0 saturated carbocycles. The van der Waals surface area contributed by atoms with Crippen LogP contribution in [0, 0.1) is 0 Å². The zero-order valence-electron chi connectivity index (χ0n) is 15.4. The minimum absolute atomic E-state index is 0.865.